The van der Waals surface area contributed by atoms with E-state index in [0.29, 0.717) is 12.0 Å². The van der Waals surface area contributed by atoms with Crippen LogP contribution in [0.5, 0.6) is 0 Å². The number of nitrogens with one attached hydrogen (secondary N) is 1. The fourth-order valence-corrected chi connectivity index (χ4v) is 2.50. The summed E-state index contributed by atoms with van der Waals surface area (Å²) in [5.74, 6) is -1.58. The van der Waals surface area contributed by atoms with Crippen LogP contribution in [0.1, 0.15) is 18.1 Å². The molecule has 0 aromatic heterocycles. The molecule has 0 aliphatic rings. The Morgan fingerprint density at radius 2 is 1.71 bits per heavy atom. The van der Waals surface area contributed by atoms with Gasteiger partial charge < -0.3 is 11.1 Å². The van der Waals surface area contributed by atoms with Gasteiger partial charge in [-0.05, 0) is 29.7 Å². The van der Waals surface area contributed by atoms with Gasteiger partial charge in [0.25, 0.3) is 0 Å². The number of hydrogen-bond donors (Lipinski definition) is 2. The SMILES string of the molecule is CC(Cc1ccccc1)C(=O)NC(Cc1cccc(F)c1)C(N)=O. The molecule has 3 N–H and O–H groups in total. The van der Waals surface area contributed by atoms with E-state index in [0.717, 1.165) is 5.56 Å². The molecule has 2 unspecified atom stereocenters. The van der Waals surface area contributed by atoms with Crippen molar-refractivity contribution in [3.05, 3.63) is 71.5 Å². The molecule has 126 valence electrons. The highest BCUT2D eigenvalue weighted by molar-refractivity contribution is 5.87. The molecule has 2 rings (SSSR count). The Morgan fingerprint density at radius 3 is 2.33 bits per heavy atom. The quantitative estimate of drug-likeness (QED) is 0.818. The third-order valence-corrected chi connectivity index (χ3v) is 3.82. The zero-order valence-corrected chi connectivity index (χ0v) is 13.5. The second kappa shape index (κ2) is 8.24. The molecule has 0 spiro atoms. The summed E-state index contributed by atoms with van der Waals surface area (Å²) in [5, 5.41) is 2.67. The zero-order chi connectivity index (χ0) is 17.5. The molecule has 2 aromatic carbocycles. The van der Waals surface area contributed by atoms with Crippen LogP contribution in [0.2, 0.25) is 0 Å². The van der Waals surface area contributed by atoms with Gasteiger partial charge in [0.15, 0.2) is 0 Å². The summed E-state index contributed by atoms with van der Waals surface area (Å²) in [6.45, 7) is 1.79. The van der Waals surface area contributed by atoms with E-state index in [1.807, 2.05) is 30.3 Å². The van der Waals surface area contributed by atoms with E-state index < -0.39 is 11.9 Å². The van der Waals surface area contributed by atoms with Crippen LogP contribution in [0.15, 0.2) is 54.6 Å². The Kier molecular flexibility index (Phi) is 6.07. The Balaban J connectivity index is 1.99. The summed E-state index contributed by atoms with van der Waals surface area (Å²) < 4.78 is 13.2. The fourth-order valence-electron chi connectivity index (χ4n) is 2.50. The van der Waals surface area contributed by atoms with Gasteiger partial charge in [-0.15, -0.1) is 0 Å². The summed E-state index contributed by atoms with van der Waals surface area (Å²) in [5.41, 5.74) is 7.03. The predicted molar refractivity (Wildman–Crippen MR) is 90.5 cm³/mol. The van der Waals surface area contributed by atoms with E-state index in [4.69, 9.17) is 5.73 Å². The largest absolute Gasteiger partial charge is 0.368 e. The Labute approximate surface area is 140 Å². The van der Waals surface area contributed by atoms with Crippen LogP contribution in [0.25, 0.3) is 0 Å². The summed E-state index contributed by atoms with van der Waals surface area (Å²) in [7, 11) is 0. The van der Waals surface area contributed by atoms with Gasteiger partial charge in [-0.1, -0.05) is 49.4 Å². The van der Waals surface area contributed by atoms with E-state index in [2.05, 4.69) is 5.32 Å². The van der Waals surface area contributed by atoms with Gasteiger partial charge in [-0.2, -0.15) is 0 Å². The van der Waals surface area contributed by atoms with Gasteiger partial charge in [0, 0.05) is 12.3 Å². The highest BCUT2D eigenvalue weighted by atomic mass is 19.1. The summed E-state index contributed by atoms with van der Waals surface area (Å²) in [4.78, 5) is 23.9. The highest BCUT2D eigenvalue weighted by Gasteiger charge is 2.22. The summed E-state index contributed by atoms with van der Waals surface area (Å²) >= 11 is 0. The molecular formula is C19H21FN2O2. The van der Waals surface area contributed by atoms with Crippen LogP contribution >= 0.6 is 0 Å². The molecule has 0 aliphatic heterocycles. The number of amides is 2. The number of benzene rings is 2. The minimum absolute atomic E-state index is 0.164. The molecule has 0 radical (unpaired) electrons. The monoisotopic (exact) mass is 328 g/mol. The van der Waals surface area contributed by atoms with Gasteiger partial charge in [-0.25, -0.2) is 4.39 Å². The van der Waals surface area contributed by atoms with Crippen molar-refractivity contribution in [3.63, 3.8) is 0 Å². The van der Waals surface area contributed by atoms with Gasteiger partial charge in [-0.3, -0.25) is 9.59 Å². The van der Waals surface area contributed by atoms with Gasteiger partial charge in [0.1, 0.15) is 11.9 Å². The van der Waals surface area contributed by atoms with Crippen LogP contribution < -0.4 is 11.1 Å². The smallest absolute Gasteiger partial charge is 0.240 e. The Morgan fingerprint density at radius 1 is 1.04 bits per heavy atom. The zero-order valence-electron chi connectivity index (χ0n) is 13.5. The number of carbonyl (C=O) groups is 2. The number of carbonyl (C=O) groups excluding carboxylic acids is 2. The fraction of sp³-hybridized carbons (Fsp3) is 0.263. The van der Waals surface area contributed by atoms with Crippen molar-refractivity contribution in [2.24, 2.45) is 11.7 Å². The average Bonchev–Trinajstić information content (AvgIpc) is 2.55. The first-order valence-electron chi connectivity index (χ1n) is 7.83. The number of rotatable bonds is 7. The van der Waals surface area contributed by atoms with Gasteiger partial charge in [0.05, 0.1) is 0 Å². The normalized spacial score (nSPS) is 13.1. The van der Waals surface area contributed by atoms with E-state index in [9.17, 15) is 14.0 Å². The number of hydrogen-bond acceptors (Lipinski definition) is 2. The second-order valence-corrected chi connectivity index (χ2v) is 5.89. The molecule has 2 atom stereocenters. The topological polar surface area (TPSA) is 72.2 Å². The number of nitrogens with two attached hydrogens (primary N) is 1. The maximum Gasteiger partial charge on any atom is 0.240 e. The van der Waals surface area contributed by atoms with Crippen molar-refractivity contribution in [2.45, 2.75) is 25.8 Å². The molecule has 4 nitrogen and oxygen atoms in total. The third-order valence-electron chi connectivity index (χ3n) is 3.82. The molecule has 0 saturated heterocycles. The molecule has 0 bridgehead atoms. The Bertz CT molecular complexity index is 704. The van der Waals surface area contributed by atoms with Crippen LogP contribution in [0.4, 0.5) is 4.39 Å². The van der Waals surface area contributed by atoms with Gasteiger partial charge in [0.2, 0.25) is 11.8 Å². The maximum atomic E-state index is 13.2. The Hall–Kier alpha value is -2.69. The first-order chi connectivity index (χ1) is 11.5. The summed E-state index contributed by atoms with van der Waals surface area (Å²) in [6.07, 6.45) is 0.731. The van der Waals surface area contributed by atoms with Crippen molar-refractivity contribution >= 4 is 11.8 Å². The standard InChI is InChI=1S/C19H21FN2O2/c1-13(10-14-6-3-2-4-7-14)19(24)22-17(18(21)23)12-15-8-5-9-16(20)11-15/h2-9,11,13,17H,10,12H2,1H3,(H2,21,23)(H,22,24). The average molecular weight is 328 g/mol. The third kappa shape index (κ3) is 5.19. The molecule has 24 heavy (non-hydrogen) atoms. The molecule has 0 aliphatic carbocycles. The van der Waals surface area contributed by atoms with Crippen LogP contribution in [0, 0.1) is 11.7 Å². The molecule has 2 amide bonds. The van der Waals surface area contributed by atoms with E-state index in [-0.39, 0.29) is 24.1 Å². The lowest BCUT2D eigenvalue weighted by molar-refractivity contribution is -0.129. The molecule has 0 fully saturated rings. The van der Waals surface area contributed by atoms with Crippen molar-refractivity contribution < 1.29 is 14.0 Å². The van der Waals surface area contributed by atoms with E-state index in [1.165, 1.54) is 12.1 Å². The van der Waals surface area contributed by atoms with Crippen LogP contribution in [-0.2, 0) is 22.4 Å². The summed E-state index contributed by atoms with van der Waals surface area (Å²) in [6, 6.07) is 14.7. The predicted octanol–water partition coefficient (Wildman–Crippen LogP) is 2.22. The van der Waals surface area contributed by atoms with E-state index >= 15 is 0 Å². The number of primary amides is 1. The molecule has 2 aromatic rings. The van der Waals surface area contributed by atoms with Crippen LogP contribution in [0.3, 0.4) is 0 Å². The minimum Gasteiger partial charge on any atom is -0.368 e. The minimum atomic E-state index is -0.863. The van der Waals surface area contributed by atoms with Crippen molar-refractivity contribution in [3.8, 4) is 0 Å². The first-order valence-corrected chi connectivity index (χ1v) is 7.83. The lowest BCUT2D eigenvalue weighted by Crippen LogP contribution is -2.47. The highest BCUT2D eigenvalue weighted by Crippen LogP contribution is 2.10. The molecular weight excluding hydrogens is 307 g/mol. The number of halogens is 1. The van der Waals surface area contributed by atoms with Crippen molar-refractivity contribution in [2.75, 3.05) is 0 Å². The van der Waals surface area contributed by atoms with Gasteiger partial charge >= 0.3 is 0 Å². The second-order valence-electron chi connectivity index (χ2n) is 5.89. The molecule has 5 heteroatoms. The molecule has 0 heterocycles. The lowest BCUT2D eigenvalue weighted by atomic mass is 9.99. The lowest BCUT2D eigenvalue weighted by Gasteiger charge is -2.19. The van der Waals surface area contributed by atoms with Crippen LogP contribution in [-0.4, -0.2) is 17.9 Å². The molecule has 0 saturated carbocycles. The van der Waals surface area contributed by atoms with Crippen molar-refractivity contribution in [1.29, 1.82) is 0 Å². The van der Waals surface area contributed by atoms with E-state index in [1.54, 1.807) is 19.1 Å². The van der Waals surface area contributed by atoms with Crippen molar-refractivity contribution in [1.82, 2.24) is 5.32 Å². The first kappa shape index (κ1) is 17.7. The maximum absolute atomic E-state index is 13.2.